The van der Waals surface area contributed by atoms with E-state index in [-0.39, 0.29) is 23.9 Å². The van der Waals surface area contributed by atoms with Gasteiger partial charge in [-0.05, 0) is 35.8 Å². The van der Waals surface area contributed by atoms with Gasteiger partial charge in [-0.3, -0.25) is 4.79 Å². The summed E-state index contributed by atoms with van der Waals surface area (Å²) >= 11 is 0. The number of amides is 3. The maximum Gasteiger partial charge on any atom is 0.317 e. The summed E-state index contributed by atoms with van der Waals surface area (Å²) in [6.07, 6.45) is 1.45. The van der Waals surface area contributed by atoms with Crippen LogP contribution >= 0.6 is 0 Å². The first-order chi connectivity index (χ1) is 12.3. The first-order valence-electron chi connectivity index (χ1n) is 9.70. The topological polar surface area (TPSA) is 61.4 Å². The minimum Gasteiger partial charge on any atom is -0.359 e. The third kappa shape index (κ3) is 4.99. The number of nitrogens with zero attached hydrogens (tertiary/aromatic N) is 1. The van der Waals surface area contributed by atoms with E-state index in [0.29, 0.717) is 24.9 Å². The van der Waals surface area contributed by atoms with Crippen LogP contribution in [0.15, 0.2) is 24.3 Å². The van der Waals surface area contributed by atoms with Crippen LogP contribution in [0.5, 0.6) is 0 Å². The lowest BCUT2D eigenvalue weighted by atomic mass is 9.93. The molecule has 0 bridgehead atoms. The van der Waals surface area contributed by atoms with Crippen LogP contribution in [0.2, 0.25) is 0 Å². The molecule has 1 unspecified atom stereocenters. The van der Waals surface area contributed by atoms with Crippen molar-refractivity contribution >= 4 is 11.9 Å². The third-order valence-corrected chi connectivity index (χ3v) is 5.31. The van der Waals surface area contributed by atoms with Crippen LogP contribution in [-0.4, -0.2) is 37.0 Å². The highest BCUT2D eigenvalue weighted by atomic mass is 16.2. The zero-order valence-electron chi connectivity index (χ0n) is 16.7. The van der Waals surface area contributed by atoms with Crippen LogP contribution in [0.25, 0.3) is 0 Å². The number of piperidine rings is 1. The van der Waals surface area contributed by atoms with Crippen molar-refractivity contribution in [1.82, 2.24) is 15.5 Å². The van der Waals surface area contributed by atoms with E-state index in [9.17, 15) is 9.59 Å². The third-order valence-electron chi connectivity index (χ3n) is 5.31. The Morgan fingerprint density at radius 1 is 1.00 bits per heavy atom. The van der Waals surface area contributed by atoms with Crippen LogP contribution in [0.4, 0.5) is 4.79 Å². The summed E-state index contributed by atoms with van der Waals surface area (Å²) in [5.74, 6) is 0.897. The van der Waals surface area contributed by atoms with E-state index in [4.69, 9.17) is 0 Å². The highest BCUT2D eigenvalue weighted by molar-refractivity contribution is 5.79. The van der Waals surface area contributed by atoms with E-state index in [0.717, 1.165) is 18.4 Å². The van der Waals surface area contributed by atoms with Gasteiger partial charge in [0.05, 0.1) is 6.04 Å². The monoisotopic (exact) mass is 359 g/mol. The summed E-state index contributed by atoms with van der Waals surface area (Å²) in [7, 11) is 1.67. The molecule has 2 rings (SSSR count). The molecule has 2 N–H and O–H groups in total. The predicted molar refractivity (Wildman–Crippen MR) is 105 cm³/mol. The van der Waals surface area contributed by atoms with E-state index < -0.39 is 0 Å². The average Bonchev–Trinajstić information content (AvgIpc) is 2.65. The van der Waals surface area contributed by atoms with Crippen LogP contribution in [0.1, 0.15) is 63.6 Å². The van der Waals surface area contributed by atoms with Crippen molar-refractivity contribution < 1.29 is 9.59 Å². The Bertz CT molecular complexity index is 602. The molecule has 5 heteroatoms. The summed E-state index contributed by atoms with van der Waals surface area (Å²) in [6, 6.07) is 8.50. The summed E-state index contributed by atoms with van der Waals surface area (Å²) < 4.78 is 0. The van der Waals surface area contributed by atoms with Gasteiger partial charge >= 0.3 is 6.03 Å². The molecule has 1 saturated heterocycles. The van der Waals surface area contributed by atoms with Crippen LogP contribution in [0, 0.1) is 11.8 Å². The largest absolute Gasteiger partial charge is 0.359 e. The SMILES string of the molecule is CNC(=O)C1CCN(C(=O)NC(c2ccc(C(C)C)cc2)C(C)C)CC1. The molecule has 0 aromatic heterocycles. The normalized spacial score (nSPS) is 16.7. The second-order valence-electron chi connectivity index (χ2n) is 7.87. The number of nitrogens with one attached hydrogen (secondary N) is 2. The predicted octanol–water partition coefficient (Wildman–Crippen LogP) is 3.67. The fourth-order valence-corrected chi connectivity index (χ4v) is 3.50. The standard InChI is InChI=1S/C21H33N3O2/c1-14(2)16-6-8-17(9-7-16)19(15(3)4)23-21(26)24-12-10-18(11-13-24)20(25)22-5/h6-9,14-15,18-19H,10-13H2,1-5H3,(H,22,25)(H,23,26). The van der Waals surface area contributed by atoms with Crippen molar-refractivity contribution in [3.05, 3.63) is 35.4 Å². The van der Waals surface area contributed by atoms with Gasteiger partial charge in [0, 0.05) is 26.1 Å². The molecule has 1 aliphatic rings. The molecule has 0 spiro atoms. The van der Waals surface area contributed by atoms with Gasteiger partial charge in [-0.15, -0.1) is 0 Å². The van der Waals surface area contributed by atoms with Gasteiger partial charge in [0.25, 0.3) is 0 Å². The molecule has 5 nitrogen and oxygen atoms in total. The maximum atomic E-state index is 12.7. The van der Waals surface area contributed by atoms with Crippen molar-refractivity contribution in [3.8, 4) is 0 Å². The number of carbonyl (C=O) groups is 2. The lowest BCUT2D eigenvalue weighted by Crippen LogP contribution is -2.48. The Morgan fingerprint density at radius 3 is 2.00 bits per heavy atom. The molecule has 3 amide bonds. The molecule has 1 atom stereocenters. The van der Waals surface area contributed by atoms with E-state index in [1.54, 1.807) is 7.05 Å². The van der Waals surface area contributed by atoms with Crippen LogP contribution < -0.4 is 10.6 Å². The molecule has 0 aliphatic carbocycles. The van der Waals surface area contributed by atoms with Gasteiger partial charge in [0.1, 0.15) is 0 Å². The molecule has 144 valence electrons. The van der Waals surface area contributed by atoms with E-state index in [2.05, 4.69) is 62.6 Å². The van der Waals surface area contributed by atoms with Crippen molar-refractivity contribution in [1.29, 1.82) is 0 Å². The summed E-state index contributed by atoms with van der Waals surface area (Å²) in [5, 5.41) is 5.90. The smallest absolute Gasteiger partial charge is 0.317 e. The maximum absolute atomic E-state index is 12.7. The molecule has 1 aromatic rings. The Labute approximate surface area is 157 Å². The number of benzene rings is 1. The lowest BCUT2D eigenvalue weighted by Gasteiger charge is -2.33. The molecule has 1 aliphatic heterocycles. The van der Waals surface area contributed by atoms with E-state index in [1.165, 1.54) is 5.56 Å². The first kappa shape index (κ1) is 20.3. The van der Waals surface area contributed by atoms with Crippen molar-refractivity contribution in [2.24, 2.45) is 11.8 Å². The van der Waals surface area contributed by atoms with Gasteiger partial charge in [0.15, 0.2) is 0 Å². The van der Waals surface area contributed by atoms with Crippen molar-refractivity contribution in [2.45, 2.75) is 52.5 Å². The molecule has 1 fully saturated rings. The van der Waals surface area contributed by atoms with Crippen molar-refractivity contribution in [2.75, 3.05) is 20.1 Å². The number of likely N-dealkylation sites (tertiary alicyclic amines) is 1. The molecular formula is C21H33N3O2. The van der Waals surface area contributed by atoms with Crippen LogP contribution in [-0.2, 0) is 4.79 Å². The molecule has 1 aromatic carbocycles. The van der Waals surface area contributed by atoms with Gasteiger partial charge in [-0.25, -0.2) is 4.79 Å². The quantitative estimate of drug-likeness (QED) is 0.842. The van der Waals surface area contributed by atoms with E-state index >= 15 is 0 Å². The summed E-state index contributed by atoms with van der Waals surface area (Å²) in [4.78, 5) is 26.3. The van der Waals surface area contributed by atoms with Crippen molar-refractivity contribution in [3.63, 3.8) is 0 Å². The second-order valence-corrected chi connectivity index (χ2v) is 7.87. The Morgan fingerprint density at radius 2 is 1.54 bits per heavy atom. The Kier molecular flexibility index (Phi) is 7.06. The van der Waals surface area contributed by atoms with Gasteiger partial charge in [-0.2, -0.15) is 0 Å². The Balaban J connectivity index is 1.99. The number of rotatable bonds is 5. The highest BCUT2D eigenvalue weighted by Crippen LogP contribution is 2.25. The van der Waals surface area contributed by atoms with E-state index in [1.807, 2.05) is 4.90 Å². The number of hydrogen-bond acceptors (Lipinski definition) is 2. The highest BCUT2D eigenvalue weighted by Gasteiger charge is 2.28. The number of carbonyl (C=O) groups excluding carboxylic acids is 2. The summed E-state index contributed by atoms with van der Waals surface area (Å²) in [5.41, 5.74) is 2.44. The number of hydrogen-bond donors (Lipinski definition) is 2. The Hall–Kier alpha value is -2.04. The minimum absolute atomic E-state index is 0.0135. The zero-order chi connectivity index (χ0) is 19.3. The molecular weight excluding hydrogens is 326 g/mol. The van der Waals surface area contributed by atoms with Crippen LogP contribution in [0.3, 0.4) is 0 Å². The molecule has 26 heavy (non-hydrogen) atoms. The molecule has 0 saturated carbocycles. The zero-order valence-corrected chi connectivity index (χ0v) is 16.7. The second kappa shape index (κ2) is 9.06. The average molecular weight is 360 g/mol. The molecule has 0 radical (unpaired) electrons. The van der Waals surface area contributed by atoms with Gasteiger partial charge < -0.3 is 15.5 Å². The minimum atomic E-state index is -0.0352. The first-order valence-corrected chi connectivity index (χ1v) is 9.70. The van der Waals surface area contributed by atoms with Gasteiger partial charge in [0.2, 0.25) is 5.91 Å². The van der Waals surface area contributed by atoms with Gasteiger partial charge in [-0.1, -0.05) is 52.0 Å². The number of urea groups is 1. The molecule has 1 heterocycles. The fourth-order valence-electron chi connectivity index (χ4n) is 3.50. The lowest BCUT2D eigenvalue weighted by molar-refractivity contribution is -0.125. The fraction of sp³-hybridized carbons (Fsp3) is 0.619. The summed E-state index contributed by atoms with van der Waals surface area (Å²) in [6.45, 7) is 9.86.